The summed E-state index contributed by atoms with van der Waals surface area (Å²) in [5.74, 6) is 0. The molecule has 2 unspecified atom stereocenters. The molecular weight excluding hydrogens is 327 g/mol. The number of hydrogen-bond donors (Lipinski definition) is 0. The highest BCUT2D eigenvalue weighted by molar-refractivity contribution is 8.24. The Balaban J connectivity index is 2.46. The minimum atomic E-state index is -0.121. The molecule has 1 aromatic rings. The second-order valence-electron chi connectivity index (χ2n) is 3.43. The van der Waals surface area contributed by atoms with Crippen molar-refractivity contribution >= 4 is 63.3 Å². The molecule has 0 N–H and O–H groups in total. The summed E-state index contributed by atoms with van der Waals surface area (Å²) < 4.78 is 5.59. The van der Waals surface area contributed by atoms with Crippen molar-refractivity contribution in [3.8, 4) is 0 Å². The van der Waals surface area contributed by atoms with Gasteiger partial charge in [0, 0.05) is 15.2 Å². The predicted molar refractivity (Wildman–Crippen MR) is 88.2 cm³/mol. The zero-order valence-corrected chi connectivity index (χ0v) is 14.0. The Morgan fingerprint density at radius 3 is 2.56 bits per heavy atom. The minimum absolute atomic E-state index is 0.121. The van der Waals surface area contributed by atoms with Crippen LogP contribution in [0.4, 0.5) is 0 Å². The van der Waals surface area contributed by atoms with Gasteiger partial charge in [0.05, 0.1) is 11.3 Å². The highest BCUT2D eigenvalue weighted by Crippen LogP contribution is 2.33. The molecule has 0 heterocycles. The zero-order valence-electron chi connectivity index (χ0n) is 10.1. The van der Waals surface area contributed by atoms with Gasteiger partial charge in [-0.2, -0.15) is 0 Å². The smallest absolute Gasteiger partial charge is 0.221 e. The van der Waals surface area contributed by atoms with E-state index in [4.69, 9.17) is 40.2 Å². The maximum absolute atomic E-state index is 6.29. The van der Waals surface area contributed by atoms with Crippen molar-refractivity contribution in [1.29, 1.82) is 0 Å². The first-order chi connectivity index (χ1) is 8.52. The van der Waals surface area contributed by atoms with Crippen molar-refractivity contribution in [1.82, 2.24) is 0 Å². The van der Waals surface area contributed by atoms with E-state index in [1.807, 2.05) is 31.2 Å². The fraction of sp³-hybridized carbons (Fsp3) is 0.417. The van der Waals surface area contributed by atoms with Crippen LogP contribution in [0.2, 0.25) is 5.02 Å². The first-order valence-electron chi connectivity index (χ1n) is 5.42. The number of halogens is 2. The maximum atomic E-state index is 6.29. The van der Waals surface area contributed by atoms with E-state index < -0.39 is 0 Å². The fourth-order valence-corrected chi connectivity index (χ4v) is 3.96. The number of thioether (sulfide) groups is 2. The van der Waals surface area contributed by atoms with Gasteiger partial charge in [-0.3, -0.25) is 0 Å². The number of alkyl halides is 1. The van der Waals surface area contributed by atoms with Crippen LogP contribution < -0.4 is 0 Å². The van der Waals surface area contributed by atoms with E-state index in [-0.39, 0.29) is 9.96 Å². The molecule has 0 aliphatic heterocycles. The van der Waals surface area contributed by atoms with Crippen LogP contribution in [0.1, 0.15) is 13.8 Å². The number of benzene rings is 1. The average Bonchev–Trinajstić information content (AvgIpc) is 2.32. The maximum Gasteiger partial charge on any atom is 0.221 e. The Hall–Kier alpha value is 0.390. The van der Waals surface area contributed by atoms with Gasteiger partial charge in [-0.1, -0.05) is 30.3 Å². The molecule has 0 saturated heterocycles. The summed E-state index contributed by atoms with van der Waals surface area (Å²) >= 11 is 20.3. The number of ether oxygens (including phenoxy) is 1. The van der Waals surface area contributed by atoms with Crippen molar-refractivity contribution < 1.29 is 4.74 Å². The molecule has 0 radical (unpaired) electrons. The first kappa shape index (κ1) is 16.4. The van der Waals surface area contributed by atoms with Gasteiger partial charge < -0.3 is 4.74 Å². The molecule has 100 valence electrons. The molecule has 1 nitrogen and oxygen atoms in total. The second-order valence-corrected chi connectivity index (χ2v) is 7.79. The van der Waals surface area contributed by atoms with E-state index >= 15 is 0 Å². The second kappa shape index (κ2) is 8.54. The van der Waals surface area contributed by atoms with Gasteiger partial charge in [0.25, 0.3) is 0 Å². The quantitative estimate of drug-likeness (QED) is 0.400. The molecule has 0 aromatic heterocycles. The Morgan fingerprint density at radius 1 is 1.39 bits per heavy atom. The van der Waals surface area contributed by atoms with Crippen LogP contribution in [0.5, 0.6) is 0 Å². The first-order valence-corrected chi connectivity index (χ1v) is 8.40. The van der Waals surface area contributed by atoms with Crippen LogP contribution in [0.3, 0.4) is 0 Å². The molecular formula is C12H14Cl2OS3. The van der Waals surface area contributed by atoms with Crippen LogP contribution in [0.15, 0.2) is 29.2 Å². The van der Waals surface area contributed by atoms with Crippen LogP contribution in [-0.2, 0) is 4.74 Å². The zero-order chi connectivity index (χ0) is 13.5. The minimum Gasteiger partial charge on any atom is -0.479 e. The van der Waals surface area contributed by atoms with Crippen LogP contribution in [0.25, 0.3) is 0 Å². The summed E-state index contributed by atoms with van der Waals surface area (Å²) in [4.78, 5) is 1.14. The summed E-state index contributed by atoms with van der Waals surface area (Å²) in [5, 5.41) is 0.956. The van der Waals surface area contributed by atoms with Crippen molar-refractivity contribution in [3.05, 3.63) is 29.3 Å². The molecule has 0 aliphatic rings. The van der Waals surface area contributed by atoms with Gasteiger partial charge in [0.15, 0.2) is 0 Å². The molecule has 0 bridgehead atoms. The van der Waals surface area contributed by atoms with E-state index in [0.717, 1.165) is 9.92 Å². The molecule has 2 atom stereocenters. The SMILES string of the molecule is CCOC(=S)SC(Cl)C(C)Sc1ccc(Cl)cc1. The third-order valence-corrected chi connectivity index (χ3v) is 5.73. The van der Waals surface area contributed by atoms with E-state index in [9.17, 15) is 0 Å². The Morgan fingerprint density at radius 2 is 2.00 bits per heavy atom. The van der Waals surface area contributed by atoms with E-state index in [0.29, 0.717) is 11.0 Å². The normalized spacial score (nSPS) is 14.0. The monoisotopic (exact) mass is 340 g/mol. The lowest BCUT2D eigenvalue weighted by molar-refractivity contribution is 0.346. The number of thiocarbonyl (C=S) groups is 1. The van der Waals surface area contributed by atoms with Gasteiger partial charge in [0.1, 0.15) is 0 Å². The van der Waals surface area contributed by atoms with Crippen LogP contribution >= 0.6 is 58.9 Å². The van der Waals surface area contributed by atoms with Gasteiger partial charge >= 0.3 is 0 Å². The summed E-state index contributed by atoms with van der Waals surface area (Å²) in [6, 6.07) is 7.72. The third-order valence-electron chi connectivity index (χ3n) is 1.98. The Bertz CT molecular complexity index is 383. The van der Waals surface area contributed by atoms with Crippen LogP contribution in [0, 0.1) is 0 Å². The number of hydrogen-bond acceptors (Lipinski definition) is 4. The molecule has 0 saturated carbocycles. The summed E-state index contributed by atoms with van der Waals surface area (Å²) in [7, 11) is 0. The molecule has 18 heavy (non-hydrogen) atoms. The van der Waals surface area contributed by atoms with Crippen molar-refractivity contribution in [2.75, 3.05) is 6.61 Å². The lowest BCUT2D eigenvalue weighted by Gasteiger charge is -2.17. The van der Waals surface area contributed by atoms with Gasteiger partial charge in [-0.05, 0) is 43.4 Å². The third kappa shape index (κ3) is 6.02. The molecule has 0 spiro atoms. The molecule has 0 amide bonds. The van der Waals surface area contributed by atoms with E-state index in [2.05, 4.69) is 6.92 Å². The molecule has 1 aromatic carbocycles. The topological polar surface area (TPSA) is 9.23 Å². The Kier molecular flexibility index (Phi) is 7.80. The van der Waals surface area contributed by atoms with Crippen LogP contribution in [-0.4, -0.2) is 20.9 Å². The highest BCUT2D eigenvalue weighted by Gasteiger charge is 2.18. The number of rotatable bonds is 5. The van der Waals surface area contributed by atoms with Crippen molar-refractivity contribution in [2.24, 2.45) is 0 Å². The van der Waals surface area contributed by atoms with Crippen molar-refractivity contribution in [3.63, 3.8) is 0 Å². The molecule has 1 rings (SSSR count). The lowest BCUT2D eigenvalue weighted by Crippen LogP contribution is -2.13. The lowest BCUT2D eigenvalue weighted by atomic mass is 10.4. The van der Waals surface area contributed by atoms with E-state index in [1.165, 1.54) is 11.8 Å². The average molecular weight is 341 g/mol. The predicted octanol–water partition coefficient (Wildman–Crippen LogP) is 5.44. The van der Waals surface area contributed by atoms with E-state index in [1.54, 1.807) is 11.8 Å². The Labute approximate surface area is 132 Å². The van der Waals surface area contributed by atoms with Gasteiger partial charge in [0.2, 0.25) is 4.38 Å². The summed E-state index contributed by atoms with van der Waals surface area (Å²) in [6.07, 6.45) is 0. The van der Waals surface area contributed by atoms with Gasteiger partial charge in [-0.15, -0.1) is 23.4 Å². The summed E-state index contributed by atoms with van der Waals surface area (Å²) in [5.41, 5.74) is 0. The van der Waals surface area contributed by atoms with Crippen molar-refractivity contribution in [2.45, 2.75) is 28.7 Å². The van der Waals surface area contributed by atoms with Gasteiger partial charge in [-0.25, -0.2) is 0 Å². The molecule has 0 fully saturated rings. The summed E-state index contributed by atoms with van der Waals surface area (Å²) in [6.45, 7) is 4.55. The fourth-order valence-electron chi connectivity index (χ4n) is 1.12. The molecule has 0 aliphatic carbocycles. The standard InChI is InChI=1S/C12H14Cl2OS3/c1-3-15-12(16)18-11(14)8(2)17-10-6-4-9(13)5-7-10/h4-8,11H,3H2,1-2H3. The highest BCUT2D eigenvalue weighted by atomic mass is 35.5. The largest absolute Gasteiger partial charge is 0.479 e. The molecule has 6 heteroatoms.